The Bertz CT molecular complexity index is 557. The van der Waals surface area contributed by atoms with Gasteiger partial charge in [-0.1, -0.05) is 11.8 Å². The molecule has 0 aromatic carbocycles. The summed E-state index contributed by atoms with van der Waals surface area (Å²) in [5.41, 5.74) is 2.14. The SMILES string of the molecule is CSc1ncc(C=O)c(Nc2ccc(C)nc2)n1. The van der Waals surface area contributed by atoms with Crippen molar-refractivity contribution >= 4 is 29.6 Å². The summed E-state index contributed by atoms with van der Waals surface area (Å²) in [6.45, 7) is 1.91. The standard InChI is InChI=1S/C12H12N4OS/c1-8-3-4-10(6-13-8)15-11-9(7-17)5-14-12(16-11)18-2/h3-7H,1-2H3,(H,14,15,16). The van der Waals surface area contributed by atoms with Crippen LogP contribution in [0.5, 0.6) is 0 Å². The Hall–Kier alpha value is -1.95. The molecular weight excluding hydrogens is 248 g/mol. The van der Waals surface area contributed by atoms with E-state index in [1.807, 2.05) is 25.3 Å². The van der Waals surface area contributed by atoms with Gasteiger partial charge in [-0.15, -0.1) is 0 Å². The van der Waals surface area contributed by atoms with Gasteiger partial charge in [0.2, 0.25) is 0 Å². The molecule has 0 atom stereocenters. The number of aryl methyl sites for hydroxylation is 1. The number of nitrogens with zero attached hydrogens (tertiary/aromatic N) is 3. The van der Waals surface area contributed by atoms with E-state index in [-0.39, 0.29) is 0 Å². The summed E-state index contributed by atoms with van der Waals surface area (Å²) in [7, 11) is 0. The Balaban J connectivity index is 2.31. The highest BCUT2D eigenvalue weighted by molar-refractivity contribution is 7.98. The molecule has 2 aromatic heterocycles. The van der Waals surface area contributed by atoms with Crippen LogP contribution in [0, 0.1) is 6.92 Å². The Morgan fingerprint density at radius 2 is 2.11 bits per heavy atom. The maximum Gasteiger partial charge on any atom is 0.189 e. The molecule has 0 aliphatic carbocycles. The predicted octanol–water partition coefficient (Wildman–Crippen LogP) is 2.46. The molecule has 0 aliphatic rings. The van der Waals surface area contributed by atoms with Crippen LogP contribution in [0.1, 0.15) is 16.1 Å². The number of carbonyl (C=O) groups is 1. The normalized spacial score (nSPS) is 10.1. The Morgan fingerprint density at radius 1 is 1.28 bits per heavy atom. The smallest absolute Gasteiger partial charge is 0.189 e. The molecule has 6 heteroatoms. The molecule has 18 heavy (non-hydrogen) atoms. The molecule has 0 bridgehead atoms. The van der Waals surface area contributed by atoms with E-state index in [0.29, 0.717) is 16.5 Å². The van der Waals surface area contributed by atoms with E-state index in [2.05, 4.69) is 20.3 Å². The molecular formula is C12H12N4OS. The summed E-state index contributed by atoms with van der Waals surface area (Å²) >= 11 is 1.42. The van der Waals surface area contributed by atoms with Crippen LogP contribution in [-0.4, -0.2) is 27.5 Å². The largest absolute Gasteiger partial charge is 0.338 e. The van der Waals surface area contributed by atoms with E-state index < -0.39 is 0 Å². The topological polar surface area (TPSA) is 67.8 Å². The molecule has 2 heterocycles. The molecule has 0 amide bonds. The molecule has 2 aromatic rings. The fourth-order valence-corrected chi connectivity index (χ4v) is 1.68. The summed E-state index contributed by atoms with van der Waals surface area (Å²) in [6.07, 6.45) is 5.82. The van der Waals surface area contributed by atoms with E-state index in [0.717, 1.165) is 17.7 Å². The zero-order valence-electron chi connectivity index (χ0n) is 10.0. The first-order valence-electron chi connectivity index (χ1n) is 5.29. The monoisotopic (exact) mass is 260 g/mol. The van der Waals surface area contributed by atoms with Crippen molar-refractivity contribution in [2.75, 3.05) is 11.6 Å². The first-order valence-corrected chi connectivity index (χ1v) is 6.51. The molecule has 0 saturated carbocycles. The molecule has 0 saturated heterocycles. The van der Waals surface area contributed by atoms with Gasteiger partial charge in [-0.05, 0) is 25.3 Å². The van der Waals surface area contributed by atoms with Crippen LogP contribution in [0.2, 0.25) is 0 Å². The number of rotatable bonds is 4. The van der Waals surface area contributed by atoms with Gasteiger partial charge in [0, 0.05) is 11.9 Å². The number of nitrogens with one attached hydrogen (secondary N) is 1. The van der Waals surface area contributed by atoms with Crippen molar-refractivity contribution in [3.8, 4) is 0 Å². The highest BCUT2D eigenvalue weighted by atomic mass is 32.2. The predicted molar refractivity (Wildman–Crippen MR) is 71.5 cm³/mol. The lowest BCUT2D eigenvalue weighted by Gasteiger charge is -2.08. The number of aromatic nitrogens is 3. The van der Waals surface area contributed by atoms with E-state index in [1.54, 1.807) is 6.20 Å². The molecule has 0 fully saturated rings. The first kappa shape index (κ1) is 12.5. The summed E-state index contributed by atoms with van der Waals surface area (Å²) < 4.78 is 0. The minimum Gasteiger partial charge on any atom is -0.338 e. The van der Waals surface area contributed by atoms with Gasteiger partial charge >= 0.3 is 0 Å². The Kier molecular flexibility index (Phi) is 3.88. The van der Waals surface area contributed by atoms with Crippen LogP contribution in [-0.2, 0) is 0 Å². The van der Waals surface area contributed by atoms with Crippen molar-refractivity contribution < 1.29 is 4.79 Å². The van der Waals surface area contributed by atoms with E-state index in [1.165, 1.54) is 18.0 Å². The fourth-order valence-electron chi connectivity index (χ4n) is 1.34. The average Bonchev–Trinajstić information content (AvgIpc) is 2.41. The number of thioether (sulfide) groups is 1. The Labute approximate surface area is 109 Å². The maximum atomic E-state index is 10.9. The lowest BCUT2D eigenvalue weighted by Crippen LogP contribution is -2.01. The first-order chi connectivity index (χ1) is 8.72. The molecule has 0 radical (unpaired) electrons. The molecule has 5 nitrogen and oxygen atoms in total. The second-order valence-corrected chi connectivity index (χ2v) is 4.37. The van der Waals surface area contributed by atoms with Crippen LogP contribution in [0.15, 0.2) is 29.7 Å². The van der Waals surface area contributed by atoms with Crippen LogP contribution >= 0.6 is 11.8 Å². The molecule has 0 spiro atoms. The third-order valence-corrected chi connectivity index (χ3v) is 2.84. The van der Waals surface area contributed by atoms with Crippen molar-refractivity contribution in [1.82, 2.24) is 15.0 Å². The number of pyridine rings is 1. The van der Waals surface area contributed by atoms with Crippen molar-refractivity contribution in [3.05, 3.63) is 35.8 Å². The second kappa shape index (κ2) is 5.59. The lowest BCUT2D eigenvalue weighted by atomic mass is 10.3. The summed E-state index contributed by atoms with van der Waals surface area (Å²) in [5.74, 6) is 0.495. The third kappa shape index (κ3) is 2.84. The van der Waals surface area contributed by atoms with Gasteiger partial charge < -0.3 is 5.32 Å². The maximum absolute atomic E-state index is 10.9. The van der Waals surface area contributed by atoms with Gasteiger partial charge in [-0.2, -0.15) is 0 Å². The molecule has 0 aliphatic heterocycles. The van der Waals surface area contributed by atoms with Crippen molar-refractivity contribution in [3.63, 3.8) is 0 Å². The number of carbonyl (C=O) groups excluding carboxylic acids is 1. The van der Waals surface area contributed by atoms with Crippen LogP contribution in [0.3, 0.4) is 0 Å². The highest BCUT2D eigenvalue weighted by Crippen LogP contribution is 2.19. The number of hydrogen-bond donors (Lipinski definition) is 1. The van der Waals surface area contributed by atoms with E-state index >= 15 is 0 Å². The number of anilines is 2. The van der Waals surface area contributed by atoms with Crippen LogP contribution in [0.25, 0.3) is 0 Å². The molecule has 1 N–H and O–H groups in total. The highest BCUT2D eigenvalue weighted by Gasteiger charge is 2.06. The zero-order valence-corrected chi connectivity index (χ0v) is 10.9. The fraction of sp³-hybridized carbons (Fsp3) is 0.167. The van der Waals surface area contributed by atoms with Gasteiger partial charge in [0.05, 0.1) is 17.4 Å². The molecule has 92 valence electrons. The molecule has 0 unspecified atom stereocenters. The van der Waals surface area contributed by atoms with Gasteiger partial charge in [0.1, 0.15) is 5.82 Å². The quantitative estimate of drug-likeness (QED) is 0.517. The average molecular weight is 260 g/mol. The lowest BCUT2D eigenvalue weighted by molar-refractivity contribution is 0.112. The van der Waals surface area contributed by atoms with E-state index in [9.17, 15) is 4.79 Å². The summed E-state index contributed by atoms with van der Waals surface area (Å²) in [4.78, 5) is 23.4. The van der Waals surface area contributed by atoms with Gasteiger partial charge in [0.15, 0.2) is 11.4 Å². The summed E-state index contributed by atoms with van der Waals surface area (Å²) in [5, 5.41) is 3.68. The summed E-state index contributed by atoms with van der Waals surface area (Å²) in [6, 6.07) is 3.78. The Morgan fingerprint density at radius 3 is 2.72 bits per heavy atom. The van der Waals surface area contributed by atoms with Gasteiger partial charge in [0.25, 0.3) is 0 Å². The minimum absolute atomic E-state index is 0.424. The number of aldehydes is 1. The van der Waals surface area contributed by atoms with Gasteiger partial charge in [-0.3, -0.25) is 9.78 Å². The van der Waals surface area contributed by atoms with Crippen molar-refractivity contribution in [2.45, 2.75) is 12.1 Å². The zero-order chi connectivity index (χ0) is 13.0. The second-order valence-electron chi connectivity index (χ2n) is 3.59. The molecule has 2 rings (SSSR count). The minimum atomic E-state index is 0.424. The van der Waals surface area contributed by atoms with Crippen LogP contribution < -0.4 is 5.32 Å². The van der Waals surface area contributed by atoms with Crippen LogP contribution in [0.4, 0.5) is 11.5 Å². The third-order valence-electron chi connectivity index (χ3n) is 2.28. The number of hydrogen-bond acceptors (Lipinski definition) is 6. The van der Waals surface area contributed by atoms with Crippen molar-refractivity contribution in [2.24, 2.45) is 0 Å². The van der Waals surface area contributed by atoms with Crippen molar-refractivity contribution in [1.29, 1.82) is 0 Å². The van der Waals surface area contributed by atoms with E-state index in [4.69, 9.17) is 0 Å². The van der Waals surface area contributed by atoms with Gasteiger partial charge in [-0.25, -0.2) is 9.97 Å².